The zero-order chi connectivity index (χ0) is 15.9. The van der Waals surface area contributed by atoms with E-state index in [0.29, 0.717) is 10.6 Å². The van der Waals surface area contributed by atoms with Crippen molar-refractivity contribution >= 4 is 33.7 Å². The summed E-state index contributed by atoms with van der Waals surface area (Å²) in [6.45, 7) is 3.44. The molecule has 0 fully saturated rings. The maximum atomic E-state index is 12.1. The summed E-state index contributed by atoms with van der Waals surface area (Å²) in [5.41, 5.74) is 0.704. The van der Waals surface area contributed by atoms with E-state index >= 15 is 0 Å². The lowest BCUT2D eigenvalue weighted by Crippen LogP contribution is -2.35. The molecule has 116 valence electrons. The van der Waals surface area contributed by atoms with E-state index in [0.717, 1.165) is 9.71 Å². The summed E-state index contributed by atoms with van der Waals surface area (Å²) in [4.78, 5) is 11.4. The summed E-state index contributed by atoms with van der Waals surface area (Å²) in [7, 11) is -3.68. The quantitative estimate of drug-likeness (QED) is 0.720. The molecular formula is C14H18ClNO4S. The fourth-order valence-corrected chi connectivity index (χ4v) is 2.83. The normalized spacial score (nSPS) is 12.0. The smallest absolute Gasteiger partial charge is 0.321 e. The van der Waals surface area contributed by atoms with Crippen LogP contribution in [-0.4, -0.2) is 38.4 Å². The highest BCUT2D eigenvalue weighted by Gasteiger charge is 2.20. The molecule has 5 nitrogen and oxygen atoms in total. The van der Waals surface area contributed by atoms with Crippen molar-refractivity contribution in [1.29, 1.82) is 0 Å². The number of ether oxygens (including phenoxy) is 1. The van der Waals surface area contributed by atoms with Crippen molar-refractivity contribution in [2.24, 2.45) is 0 Å². The lowest BCUT2D eigenvalue weighted by molar-refractivity contribution is -0.143. The number of benzene rings is 1. The Bertz CT molecular complexity index is 596. The molecule has 0 heterocycles. The maximum absolute atomic E-state index is 12.1. The van der Waals surface area contributed by atoms with Crippen molar-refractivity contribution in [1.82, 2.24) is 4.31 Å². The first-order valence-corrected chi connectivity index (χ1v) is 8.36. The van der Waals surface area contributed by atoms with E-state index in [2.05, 4.69) is 0 Å². The van der Waals surface area contributed by atoms with Gasteiger partial charge in [-0.1, -0.05) is 30.7 Å². The fraction of sp³-hybridized carbons (Fsp3) is 0.357. The van der Waals surface area contributed by atoms with E-state index in [4.69, 9.17) is 16.3 Å². The van der Waals surface area contributed by atoms with Gasteiger partial charge in [0.1, 0.15) is 6.54 Å². The minimum Gasteiger partial charge on any atom is -0.465 e. The largest absolute Gasteiger partial charge is 0.465 e. The van der Waals surface area contributed by atoms with Gasteiger partial charge in [-0.25, -0.2) is 8.42 Å². The number of halogens is 1. The lowest BCUT2D eigenvalue weighted by Gasteiger charge is -2.16. The molecule has 1 rings (SSSR count). The summed E-state index contributed by atoms with van der Waals surface area (Å²) < 4.78 is 30.1. The Hall–Kier alpha value is -1.37. The minimum absolute atomic E-state index is 0.187. The van der Waals surface area contributed by atoms with Crippen molar-refractivity contribution in [3.05, 3.63) is 40.3 Å². The number of hydrogen-bond acceptors (Lipinski definition) is 4. The predicted molar refractivity (Wildman–Crippen MR) is 83.3 cm³/mol. The number of hydrogen-bond donors (Lipinski definition) is 0. The van der Waals surface area contributed by atoms with Crippen molar-refractivity contribution < 1.29 is 17.9 Å². The average molecular weight is 332 g/mol. The molecule has 0 aliphatic carbocycles. The van der Waals surface area contributed by atoms with Crippen molar-refractivity contribution in [2.45, 2.75) is 13.8 Å². The molecule has 0 amide bonds. The Morgan fingerprint density at radius 3 is 2.43 bits per heavy atom. The van der Waals surface area contributed by atoms with Gasteiger partial charge in [0.25, 0.3) is 0 Å². The zero-order valence-corrected chi connectivity index (χ0v) is 13.5. The minimum atomic E-state index is -3.68. The molecule has 21 heavy (non-hydrogen) atoms. The second-order valence-electron chi connectivity index (χ2n) is 4.13. The summed E-state index contributed by atoms with van der Waals surface area (Å²) in [5, 5.41) is 1.64. The highest BCUT2D eigenvalue weighted by atomic mass is 35.5. The Morgan fingerprint density at radius 1 is 1.29 bits per heavy atom. The van der Waals surface area contributed by atoms with E-state index in [1.54, 1.807) is 38.1 Å². The molecule has 1 aromatic rings. The third kappa shape index (κ3) is 5.87. The van der Waals surface area contributed by atoms with Crippen LogP contribution in [0.2, 0.25) is 5.02 Å². The number of sulfonamides is 1. The number of esters is 1. The van der Waals surface area contributed by atoms with Gasteiger partial charge in [0.05, 0.1) is 6.61 Å². The van der Waals surface area contributed by atoms with Gasteiger partial charge < -0.3 is 4.74 Å². The third-order valence-corrected chi connectivity index (χ3v) is 4.46. The van der Waals surface area contributed by atoms with Gasteiger partial charge >= 0.3 is 5.97 Å². The van der Waals surface area contributed by atoms with Crippen LogP contribution in [0.15, 0.2) is 29.7 Å². The van der Waals surface area contributed by atoms with E-state index in [-0.39, 0.29) is 19.7 Å². The molecule has 0 N–H and O–H groups in total. The molecule has 0 aliphatic heterocycles. The zero-order valence-electron chi connectivity index (χ0n) is 12.0. The van der Waals surface area contributed by atoms with Gasteiger partial charge in [-0.15, -0.1) is 0 Å². The summed E-state index contributed by atoms with van der Waals surface area (Å²) in [6, 6.07) is 6.75. The Morgan fingerprint density at radius 2 is 1.90 bits per heavy atom. The highest BCUT2D eigenvalue weighted by Crippen LogP contribution is 2.12. The van der Waals surface area contributed by atoms with E-state index in [1.165, 1.54) is 6.08 Å². The maximum Gasteiger partial charge on any atom is 0.321 e. The molecule has 0 spiro atoms. The van der Waals surface area contributed by atoms with Crippen LogP contribution in [0.3, 0.4) is 0 Å². The first kappa shape index (κ1) is 17.7. The fourth-order valence-electron chi connectivity index (χ4n) is 1.56. The summed E-state index contributed by atoms with van der Waals surface area (Å²) >= 11 is 5.76. The Labute approximate surface area is 130 Å². The van der Waals surface area contributed by atoms with E-state index in [9.17, 15) is 13.2 Å². The molecule has 0 saturated carbocycles. The van der Waals surface area contributed by atoms with Gasteiger partial charge in [0.2, 0.25) is 10.0 Å². The van der Waals surface area contributed by atoms with Crippen LogP contribution in [0.25, 0.3) is 6.08 Å². The van der Waals surface area contributed by atoms with Gasteiger partial charge in [-0.2, -0.15) is 4.31 Å². The van der Waals surface area contributed by atoms with Crippen LogP contribution in [0, 0.1) is 0 Å². The molecule has 0 aliphatic rings. The second-order valence-corrected chi connectivity index (χ2v) is 6.39. The summed E-state index contributed by atoms with van der Waals surface area (Å²) in [6.07, 6.45) is 1.46. The van der Waals surface area contributed by atoms with Gasteiger partial charge in [0, 0.05) is 17.0 Å². The number of rotatable bonds is 7. The molecule has 1 aromatic carbocycles. The SMILES string of the molecule is CCOC(=O)CN(CC)S(=O)(=O)/C=C/c1ccc(Cl)cc1. The monoisotopic (exact) mass is 331 g/mol. The first-order valence-electron chi connectivity index (χ1n) is 6.48. The van der Waals surface area contributed by atoms with Crippen LogP contribution in [0.5, 0.6) is 0 Å². The number of carbonyl (C=O) groups is 1. The van der Waals surface area contributed by atoms with Gasteiger partial charge in [0.15, 0.2) is 0 Å². The van der Waals surface area contributed by atoms with Gasteiger partial charge in [-0.3, -0.25) is 4.79 Å². The van der Waals surface area contributed by atoms with Crippen LogP contribution < -0.4 is 0 Å². The topological polar surface area (TPSA) is 63.7 Å². The average Bonchev–Trinajstić information content (AvgIpc) is 2.44. The van der Waals surface area contributed by atoms with Crippen LogP contribution in [-0.2, 0) is 19.6 Å². The molecular weight excluding hydrogens is 314 g/mol. The molecule has 0 bridgehead atoms. The molecule has 0 radical (unpaired) electrons. The second kappa shape index (κ2) is 8.17. The molecule has 7 heteroatoms. The molecule has 0 unspecified atom stereocenters. The standard InChI is InChI=1S/C14H18ClNO4S/c1-3-16(11-14(17)20-4-2)21(18,19)10-9-12-5-7-13(15)8-6-12/h5-10H,3-4,11H2,1-2H3/b10-9+. The predicted octanol–water partition coefficient (Wildman–Crippen LogP) is 2.53. The highest BCUT2D eigenvalue weighted by molar-refractivity contribution is 7.92. The first-order chi connectivity index (χ1) is 9.89. The van der Waals surface area contributed by atoms with Crippen molar-refractivity contribution in [3.8, 4) is 0 Å². The Kier molecular flexibility index (Phi) is 6.87. The van der Waals surface area contributed by atoms with Crippen molar-refractivity contribution in [2.75, 3.05) is 19.7 Å². The van der Waals surface area contributed by atoms with E-state index in [1.807, 2.05) is 0 Å². The van der Waals surface area contributed by atoms with Crippen LogP contribution >= 0.6 is 11.6 Å². The van der Waals surface area contributed by atoms with E-state index < -0.39 is 16.0 Å². The third-order valence-electron chi connectivity index (χ3n) is 2.63. The molecule has 0 aromatic heterocycles. The van der Waals surface area contributed by atoms with Crippen molar-refractivity contribution in [3.63, 3.8) is 0 Å². The number of likely N-dealkylation sites (N-methyl/N-ethyl adjacent to an activating group) is 1. The number of nitrogens with zero attached hydrogens (tertiary/aromatic N) is 1. The number of carbonyl (C=O) groups excluding carboxylic acids is 1. The van der Waals surface area contributed by atoms with Gasteiger partial charge in [-0.05, 0) is 30.7 Å². The molecule has 0 atom stereocenters. The summed E-state index contributed by atoms with van der Waals surface area (Å²) in [5.74, 6) is -0.567. The van der Waals surface area contributed by atoms with Crippen LogP contribution in [0.1, 0.15) is 19.4 Å². The Balaban J connectivity index is 2.82. The molecule has 0 saturated heterocycles. The van der Waals surface area contributed by atoms with Crippen LogP contribution in [0.4, 0.5) is 0 Å². The lowest BCUT2D eigenvalue weighted by atomic mass is 10.2.